The summed E-state index contributed by atoms with van der Waals surface area (Å²) in [5, 5.41) is 0. The fraction of sp³-hybridized carbons (Fsp3) is 0.440. The molecule has 0 N–H and O–H groups in total. The molecule has 1 saturated heterocycles. The van der Waals surface area contributed by atoms with Crippen LogP contribution in [0.1, 0.15) is 51.7 Å². The lowest BCUT2D eigenvalue weighted by atomic mass is 9.76. The van der Waals surface area contributed by atoms with Gasteiger partial charge in [-0.05, 0) is 64.3 Å². The minimum absolute atomic E-state index is 0.0650. The minimum atomic E-state index is 0.0650. The van der Waals surface area contributed by atoms with Crippen LogP contribution in [0.5, 0.6) is 11.5 Å². The summed E-state index contributed by atoms with van der Waals surface area (Å²) < 4.78 is 11.0. The average Bonchev–Trinajstić information content (AvgIpc) is 2.65. The highest BCUT2D eigenvalue weighted by Crippen LogP contribution is 2.43. The van der Waals surface area contributed by atoms with Crippen molar-refractivity contribution in [3.8, 4) is 11.5 Å². The molecule has 0 atom stereocenters. The highest BCUT2D eigenvalue weighted by molar-refractivity contribution is 5.62. The van der Waals surface area contributed by atoms with Crippen molar-refractivity contribution < 1.29 is 9.47 Å². The molecule has 2 aromatic rings. The Morgan fingerprint density at radius 1 is 0.893 bits per heavy atom. The van der Waals surface area contributed by atoms with E-state index in [4.69, 9.17) is 9.47 Å². The Hall–Kier alpha value is -2.26. The van der Waals surface area contributed by atoms with E-state index in [-0.39, 0.29) is 11.1 Å². The van der Waals surface area contributed by atoms with E-state index < -0.39 is 0 Å². The molecule has 3 heteroatoms. The van der Waals surface area contributed by atoms with E-state index in [1.807, 2.05) is 12.1 Å². The molecule has 0 bridgehead atoms. The van der Waals surface area contributed by atoms with E-state index in [0.29, 0.717) is 0 Å². The van der Waals surface area contributed by atoms with Gasteiger partial charge < -0.3 is 9.47 Å². The van der Waals surface area contributed by atoms with Crippen LogP contribution in [0.4, 0.5) is 0 Å². The van der Waals surface area contributed by atoms with E-state index >= 15 is 0 Å². The second-order valence-electron chi connectivity index (χ2n) is 8.96. The number of piperidine rings is 1. The van der Waals surface area contributed by atoms with Crippen LogP contribution >= 0.6 is 0 Å². The predicted molar refractivity (Wildman–Crippen MR) is 117 cm³/mol. The first-order chi connectivity index (χ1) is 13.2. The van der Waals surface area contributed by atoms with E-state index in [1.165, 1.54) is 11.1 Å². The van der Waals surface area contributed by atoms with E-state index in [9.17, 15) is 0 Å². The van der Waals surface area contributed by atoms with E-state index in [2.05, 4.69) is 75.1 Å². The van der Waals surface area contributed by atoms with Crippen molar-refractivity contribution in [2.75, 3.05) is 14.2 Å². The molecule has 28 heavy (non-hydrogen) atoms. The molecule has 1 aliphatic heterocycles. The van der Waals surface area contributed by atoms with Crippen LogP contribution in [-0.2, 0) is 6.54 Å². The van der Waals surface area contributed by atoms with Crippen molar-refractivity contribution in [2.45, 2.75) is 58.2 Å². The van der Waals surface area contributed by atoms with Gasteiger partial charge in [-0.3, -0.25) is 4.90 Å². The van der Waals surface area contributed by atoms with Crippen molar-refractivity contribution >= 4 is 6.08 Å². The molecule has 3 nitrogen and oxygen atoms in total. The van der Waals surface area contributed by atoms with Crippen molar-refractivity contribution in [3.63, 3.8) is 0 Å². The molecular weight excluding hydrogens is 346 g/mol. The number of hydrogen-bond acceptors (Lipinski definition) is 3. The molecule has 0 aromatic heterocycles. The van der Waals surface area contributed by atoms with E-state index in [0.717, 1.165) is 36.4 Å². The molecular formula is C25H33NO2. The van der Waals surface area contributed by atoms with Gasteiger partial charge in [0, 0.05) is 23.2 Å². The Labute approximate surface area is 170 Å². The Morgan fingerprint density at radius 3 is 2.11 bits per heavy atom. The summed E-state index contributed by atoms with van der Waals surface area (Å²) in [6.45, 7) is 10.4. The largest absolute Gasteiger partial charge is 0.497 e. The molecule has 150 valence electrons. The van der Waals surface area contributed by atoms with Crippen LogP contribution in [0.2, 0.25) is 0 Å². The standard InChI is InChI=1S/C25H33NO2/c1-24(2)16-20(14-21-15-22(27-5)12-13-23(21)28-6)17-25(3,4)26(24)18-19-10-8-7-9-11-19/h7-15H,16-18H2,1-6H3. The molecule has 1 aliphatic rings. The third-order valence-electron chi connectivity index (χ3n) is 5.76. The topological polar surface area (TPSA) is 21.7 Å². The monoisotopic (exact) mass is 379 g/mol. The van der Waals surface area contributed by atoms with Gasteiger partial charge in [0.05, 0.1) is 14.2 Å². The second-order valence-corrected chi connectivity index (χ2v) is 8.96. The summed E-state index contributed by atoms with van der Waals surface area (Å²) in [6, 6.07) is 16.8. The summed E-state index contributed by atoms with van der Waals surface area (Å²) in [5.41, 5.74) is 4.03. The molecule has 0 radical (unpaired) electrons. The molecule has 0 amide bonds. The summed E-state index contributed by atoms with van der Waals surface area (Å²) >= 11 is 0. The predicted octanol–water partition coefficient (Wildman–Crippen LogP) is 5.94. The molecule has 1 fully saturated rings. The van der Waals surface area contributed by atoms with Gasteiger partial charge in [-0.15, -0.1) is 0 Å². The molecule has 3 rings (SSSR count). The zero-order chi connectivity index (χ0) is 20.4. The van der Waals surface area contributed by atoms with Crippen molar-refractivity contribution in [1.82, 2.24) is 4.90 Å². The van der Waals surface area contributed by atoms with Gasteiger partial charge in [-0.1, -0.05) is 42.0 Å². The number of ether oxygens (including phenoxy) is 2. The third-order valence-corrected chi connectivity index (χ3v) is 5.76. The van der Waals surface area contributed by atoms with Gasteiger partial charge in [0.15, 0.2) is 0 Å². The van der Waals surface area contributed by atoms with Crippen molar-refractivity contribution in [3.05, 3.63) is 65.2 Å². The molecule has 0 unspecified atom stereocenters. The third kappa shape index (κ3) is 4.41. The summed E-state index contributed by atoms with van der Waals surface area (Å²) in [5.74, 6) is 1.74. The number of rotatable bonds is 5. The summed E-state index contributed by atoms with van der Waals surface area (Å²) in [6.07, 6.45) is 4.36. The minimum Gasteiger partial charge on any atom is -0.497 e. The van der Waals surface area contributed by atoms with Crippen LogP contribution < -0.4 is 9.47 Å². The molecule has 0 saturated carbocycles. The highest BCUT2D eigenvalue weighted by atomic mass is 16.5. The van der Waals surface area contributed by atoms with Gasteiger partial charge in [-0.2, -0.15) is 0 Å². The first-order valence-corrected chi connectivity index (χ1v) is 9.98. The van der Waals surface area contributed by atoms with E-state index in [1.54, 1.807) is 14.2 Å². The maximum absolute atomic E-state index is 5.58. The number of nitrogens with zero attached hydrogens (tertiary/aromatic N) is 1. The normalized spacial score (nSPS) is 18.6. The Bertz CT molecular complexity index is 817. The van der Waals surface area contributed by atoms with Gasteiger partial charge in [0.2, 0.25) is 0 Å². The van der Waals surface area contributed by atoms with Crippen LogP contribution in [0.25, 0.3) is 6.08 Å². The van der Waals surface area contributed by atoms with Gasteiger partial charge in [0.1, 0.15) is 11.5 Å². The second kappa shape index (κ2) is 8.00. The number of methoxy groups -OCH3 is 2. The van der Waals surface area contributed by atoms with Gasteiger partial charge >= 0.3 is 0 Å². The average molecular weight is 380 g/mol. The fourth-order valence-electron chi connectivity index (χ4n) is 4.65. The molecule has 2 aromatic carbocycles. The summed E-state index contributed by atoms with van der Waals surface area (Å²) in [7, 11) is 3.42. The maximum Gasteiger partial charge on any atom is 0.126 e. The lowest BCUT2D eigenvalue weighted by molar-refractivity contribution is -0.0132. The maximum atomic E-state index is 5.58. The number of benzene rings is 2. The smallest absolute Gasteiger partial charge is 0.126 e. The molecule has 0 aliphatic carbocycles. The fourth-order valence-corrected chi connectivity index (χ4v) is 4.65. The van der Waals surface area contributed by atoms with Crippen LogP contribution in [0, 0.1) is 0 Å². The number of likely N-dealkylation sites (tertiary alicyclic amines) is 1. The first-order valence-electron chi connectivity index (χ1n) is 9.98. The zero-order valence-corrected chi connectivity index (χ0v) is 18.1. The SMILES string of the molecule is COc1ccc(OC)c(C=C2CC(C)(C)N(Cc3ccccc3)C(C)(C)C2)c1. The Kier molecular flexibility index (Phi) is 5.85. The Morgan fingerprint density at radius 2 is 1.54 bits per heavy atom. The van der Waals surface area contributed by atoms with Gasteiger partial charge in [0.25, 0.3) is 0 Å². The van der Waals surface area contributed by atoms with Crippen molar-refractivity contribution in [2.24, 2.45) is 0 Å². The van der Waals surface area contributed by atoms with Gasteiger partial charge in [-0.25, -0.2) is 0 Å². The lowest BCUT2D eigenvalue weighted by Gasteiger charge is -2.54. The van der Waals surface area contributed by atoms with Crippen molar-refractivity contribution in [1.29, 1.82) is 0 Å². The first kappa shape index (κ1) is 20.5. The molecule has 1 heterocycles. The van der Waals surface area contributed by atoms with Crippen LogP contribution in [-0.4, -0.2) is 30.2 Å². The van der Waals surface area contributed by atoms with Crippen LogP contribution in [0.3, 0.4) is 0 Å². The highest BCUT2D eigenvalue weighted by Gasteiger charge is 2.42. The quantitative estimate of drug-likeness (QED) is 0.642. The lowest BCUT2D eigenvalue weighted by Crippen LogP contribution is -2.58. The Balaban J connectivity index is 1.91. The summed E-state index contributed by atoms with van der Waals surface area (Å²) in [4.78, 5) is 2.65. The van der Waals surface area contributed by atoms with Crippen LogP contribution in [0.15, 0.2) is 54.1 Å². The molecule has 0 spiro atoms. The zero-order valence-electron chi connectivity index (χ0n) is 18.1. The number of hydrogen-bond donors (Lipinski definition) is 0.